The van der Waals surface area contributed by atoms with E-state index in [1.807, 2.05) is 20.2 Å². The van der Waals surface area contributed by atoms with E-state index < -0.39 is 0 Å². The number of rotatable bonds is 2. The quantitative estimate of drug-likeness (QED) is 0.724. The number of hydrogen-bond donors (Lipinski definition) is 1. The van der Waals surface area contributed by atoms with Crippen molar-refractivity contribution in [1.82, 2.24) is 10.3 Å². The van der Waals surface area contributed by atoms with E-state index in [9.17, 15) is 0 Å². The average molecular weight is 177 g/mol. The van der Waals surface area contributed by atoms with E-state index >= 15 is 0 Å². The fraction of sp³-hybridized carbons (Fsp3) is 0.500. The van der Waals surface area contributed by atoms with Gasteiger partial charge in [-0.15, -0.1) is 0 Å². The highest BCUT2D eigenvalue weighted by atomic mass is 15.2. The highest BCUT2D eigenvalue weighted by Gasteiger charge is 2.24. The molecule has 0 saturated carbocycles. The molecule has 3 heteroatoms. The Bertz CT molecular complexity index is 292. The van der Waals surface area contributed by atoms with E-state index in [2.05, 4.69) is 27.3 Å². The molecule has 0 atom stereocenters. The third-order valence-electron chi connectivity index (χ3n) is 2.54. The van der Waals surface area contributed by atoms with Gasteiger partial charge in [0.05, 0.1) is 0 Å². The summed E-state index contributed by atoms with van der Waals surface area (Å²) in [5, 5.41) is 3.26. The van der Waals surface area contributed by atoms with Gasteiger partial charge in [-0.1, -0.05) is 0 Å². The first kappa shape index (κ1) is 8.51. The molecule has 3 nitrogen and oxygen atoms in total. The Kier molecular flexibility index (Phi) is 2.19. The van der Waals surface area contributed by atoms with Gasteiger partial charge in [0.1, 0.15) is 0 Å². The van der Waals surface area contributed by atoms with Crippen molar-refractivity contribution in [3.63, 3.8) is 0 Å². The molecular weight excluding hydrogens is 162 g/mol. The maximum Gasteiger partial charge on any atom is 0.0418 e. The van der Waals surface area contributed by atoms with Crippen LogP contribution in [-0.4, -0.2) is 31.2 Å². The van der Waals surface area contributed by atoms with Gasteiger partial charge in [-0.05, 0) is 26.1 Å². The van der Waals surface area contributed by atoms with Crippen LogP contribution in [0.2, 0.25) is 0 Å². The summed E-state index contributed by atoms with van der Waals surface area (Å²) in [7, 11) is 2.01. The third-order valence-corrected chi connectivity index (χ3v) is 2.54. The Hall–Kier alpha value is -1.09. The topological polar surface area (TPSA) is 28.2 Å². The second-order valence-corrected chi connectivity index (χ2v) is 3.55. The number of nitrogens with one attached hydrogen (secondary N) is 1. The largest absolute Gasteiger partial charge is 0.368 e. The van der Waals surface area contributed by atoms with Gasteiger partial charge in [0.2, 0.25) is 0 Å². The summed E-state index contributed by atoms with van der Waals surface area (Å²) in [6.45, 7) is 4.25. The van der Waals surface area contributed by atoms with Crippen LogP contribution in [0.3, 0.4) is 0 Å². The molecule has 1 N–H and O–H groups in total. The van der Waals surface area contributed by atoms with E-state index in [0.29, 0.717) is 6.04 Å². The predicted octanol–water partition coefficient (Wildman–Crippen LogP) is 0.798. The number of aromatic nitrogens is 1. The van der Waals surface area contributed by atoms with Gasteiger partial charge in [-0.2, -0.15) is 0 Å². The summed E-state index contributed by atoms with van der Waals surface area (Å²) in [5.74, 6) is 0. The molecule has 0 unspecified atom stereocenters. The van der Waals surface area contributed by atoms with Crippen molar-refractivity contribution >= 4 is 5.69 Å². The normalized spacial score (nSPS) is 17.2. The minimum atomic E-state index is 0.661. The molecule has 2 rings (SSSR count). The molecule has 0 aromatic carbocycles. The first-order chi connectivity index (χ1) is 6.29. The van der Waals surface area contributed by atoms with Crippen molar-refractivity contribution in [2.45, 2.75) is 13.0 Å². The first-order valence-corrected chi connectivity index (χ1v) is 4.64. The molecule has 1 saturated heterocycles. The second kappa shape index (κ2) is 3.34. The van der Waals surface area contributed by atoms with Crippen molar-refractivity contribution in [3.8, 4) is 0 Å². The number of nitrogens with zero attached hydrogens (tertiary/aromatic N) is 2. The summed E-state index contributed by atoms with van der Waals surface area (Å²) in [4.78, 5) is 6.53. The minimum Gasteiger partial charge on any atom is -0.368 e. The molecule has 0 bridgehead atoms. The van der Waals surface area contributed by atoms with Crippen molar-refractivity contribution in [2.24, 2.45) is 0 Å². The average Bonchev–Trinajstić information content (AvgIpc) is 2.02. The highest BCUT2D eigenvalue weighted by molar-refractivity contribution is 5.49. The second-order valence-electron chi connectivity index (χ2n) is 3.55. The molecule has 0 spiro atoms. The van der Waals surface area contributed by atoms with Crippen molar-refractivity contribution in [3.05, 3.63) is 24.0 Å². The van der Waals surface area contributed by atoms with Crippen LogP contribution in [0.1, 0.15) is 5.69 Å². The van der Waals surface area contributed by atoms with Gasteiger partial charge in [0, 0.05) is 36.7 Å². The maximum atomic E-state index is 4.18. The van der Waals surface area contributed by atoms with Gasteiger partial charge >= 0.3 is 0 Å². The summed E-state index contributed by atoms with van der Waals surface area (Å²) in [6, 6.07) is 4.86. The lowest BCUT2D eigenvalue weighted by Crippen LogP contribution is -2.57. The van der Waals surface area contributed by atoms with Crippen LogP contribution < -0.4 is 10.2 Å². The van der Waals surface area contributed by atoms with Gasteiger partial charge < -0.3 is 10.2 Å². The number of aryl methyl sites for hydroxylation is 1. The lowest BCUT2D eigenvalue weighted by Gasteiger charge is -2.40. The Morgan fingerprint density at radius 2 is 2.31 bits per heavy atom. The van der Waals surface area contributed by atoms with Crippen LogP contribution in [0, 0.1) is 6.92 Å². The molecule has 1 aliphatic rings. The molecule has 2 heterocycles. The maximum absolute atomic E-state index is 4.18. The summed E-state index contributed by atoms with van der Waals surface area (Å²) in [5.41, 5.74) is 2.38. The standard InChI is InChI=1S/C10H15N3/c1-8-5-10(3-4-12-8)13-6-9(7-13)11-2/h3-5,9,11H,6-7H2,1-2H3. The van der Waals surface area contributed by atoms with Gasteiger partial charge in [-0.25, -0.2) is 0 Å². The molecular formula is C10H15N3. The van der Waals surface area contributed by atoms with Crippen LogP contribution in [0.25, 0.3) is 0 Å². The van der Waals surface area contributed by atoms with Crippen LogP contribution in [-0.2, 0) is 0 Å². The van der Waals surface area contributed by atoms with E-state index in [-0.39, 0.29) is 0 Å². The summed E-state index contributed by atoms with van der Waals surface area (Å²) < 4.78 is 0. The zero-order valence-electron chi connectivity index (χ0n) is 8.12. The van der Waals surface area contributed by atoms with E-state index in [0.717, 1.165) is 18.8 Å². The molecule has 1 aliphatic heterocycles. The van der Waals surface area contributed by atoms with Crippen LogP contribution in [0.4, 0.5) is 5.69 Å². The SMILES string of the molecule is CNC1CN(c2ccnc(C)c2)C1. The molecule has 1 aromatic heterocycles. The fourth-order valence-electron chi connectivity index (χ4n) is 1.60. The number of likely N-dealkylation sites (N-methyl/N-ethyl adjacent to an activating group) is 1. The summed E-state index contributed by atoms with van der Waals surface area (Å²) >= 11 is 0. The minimum absolute atomic E-state index is 0.661. The Morgan fingerprint density at radius 3 is 2.92 bits per heavy atom. The van der Waals surface area contributed by atoms with Crippen LogP contribution in [0.5, 0.6) is 0 Å². The number of pyridine rings is 1. The Balaban J connectivity index is 2.03. The predicted molar refractivity (Wildman–Crippen MR) is 54.0 cm³/mol. The summed E-state index contributed by atoms with van der Waals surface area (Å²) in [6.07, 6.45) is 1.87. The van der Waals surface area contributed by atoms with Gasteiger partial charge in [0.25, 0.3) is 0 Å². The lowest BCUT2D eigenvalue weighted by atomic mass is 10.1. The molecule has 1 aromatic rings. The smallest absolute Gasteiger partial charge is 0.0418 e. The van der Waals surface area contributed by atoms with E-state index in [1.54, 1.807) is 0 Å². The molecule has 0 radical (unpaired) electrons. The molecule has 0 aliphatic carbocycles. The van der Waals surface area contributed by atoms with E-state index in [4.69, 9.17) is 0 Å². The molecule has 0 amide bonds. The molecule has 13 heavy (non-hydrogen) atoms. The van der Waals surface area contributed by atoms with Crippen LogP contribution in [0.15, 0.2) is 18.3 Å². The third kappa shape index (κ3) is 1.65. The lowest BCUT2D eigenvalue weighted by molar-refractivity contribution is 0.450. The van der Waals surface area contributed by atoms with Crippen molar-refractivity contribution < 1.29 is 0 Å². The number of anilines is 1. The monoisotopic (exact) mass is 177 g/mol. The van der Waals surface area contributed by atoms with Crippen molar-refractivity contribution in [2.75, 3.05) is 25.0 Å². The zero-order chi connectivity index (χ0) is 9.26. The number of hydrogen-bond acceptors (Lipinski definition) is 3. The van der Waals surface area contributed by atoms with Crippen molar-refractivity contribution in [1.29, 1.82) is 0 Å². The Morgan fingerprint density at radius 1 is 1.54 bits per heavy atom. The zero-order valence-corrected chi connectivity index (χ0v) is 8.12. The Labute approximate surface area is 78.8 Å². The molecule has 70 valence electrons. The fourth-order valence-corrected chi connectivity index (χ4v) is 1.60. The van der Waals surface area contributed by atoms with Crippen LogP contribution >= 0.6 is 0 Å². The molecule has 1 fully saturated rings. The van der Waals surface area contributed by atoms with E-state index in [1.165, 1.54) is 5.69 Å². The van der Waals surface area contributed by atoms with Gasteiger partial charge in [0.15, 0.2) is 0 Å². The van der Waals surface area contributed by atoms with Gasteiger partial charge in [-0.3, -0.25) is 4.98 Å². The highest BCUT2D eigenvalue weighted by Crippen LogP contribution is 2.20. The first-order valence-electron chi connectivity index (χ1n) is 4.64.